The van der Waals surface area contributed by atoms with Crippen LogP contribution in [0.15, 0.2) is 30.5 Å². The van der Waals surface area contributed by atoms with Gasteiger partial charge >= 0.3 is 0 Å². The molecule has 4 heteroatoms. The number of nitrogens with one attached hydrogen (secondary N) is 1. The maximum atomic E-state index is 5.68. The second-order valence-corrected chi connectivity index (χ2v) is 5.63. The van der Waals surface area contributed by atoms with Crippen molar-refractivity contribution in [1.82, 2.24) is 10.4 Å². The van der Waals surface area contributed by atoms with Crippen molar-refractivity contribution in [2.24, 2.45) is 5.84 Å². The molecule has 0 radical (unpaired) electrons. The maximum Gasteiger partial charge on any atom is 0.0509 e. The van der Waals surface area contributed by atoms with Crippen LogP contribution in [0.2, 0.25) is 0 Å². The van der Waals surface area contributed by atoms with Gasteiger partial charge in [0.2, 0.25) is 0 Å². The number of hydrazine groups is 1. The van der Waals surface area contributed by atoms with Gasteiger partial charge in [0.05, 0.1) is 6.04 Å². The molecular weight excluding hydrogens is 242 g/mol. The van der Waals surface area contributed by atoms with Crippen molar-refractivity contribution in [3.63, 3.8) is 0 Å². The molecule has 1 atom stereocenters. The van der Waals surface area contributed by atoms with Crippen LogP contribution in [0.5, 0.6) is 0 Å². The van der Waals surface area contributed by atoms with Crippen LogP contribution in [0.3, 0.4) is 0 Å². The van der Waals surface area contributed by atoms with Gasteiger partial charge in [0.15, 0.2) is 0 Å². The first-order valence-corrected chi connectivity index (χ1v) is 7.01. The molecule has 1 unspecified atom stereocenters. The largest absolute Gasteiger partial charge is 0.271 e. The lowest BCUT2D eigenvalue weighted by molar-refractivity contribution is 0.554. The number of aryl methyl sites for hydroxylation is 2. The first kappa shape index (κ1) is 13.2. The molecule has 0 fully saturated rings. The maximum absolute atomic E-state index is 5.68. The van der Waals surface area contributed by atoms with Crippen LogP contribution in [0.1, 0.15) is 34.0 Å². The van der Waals surface area contributed by atoms with Gasteiger partial charge in [-0.15, -0.1) is 11.3 Å². The lowest BCUT2D eigenvalue weighted by atomic mass is 10.0. The highest BCUT2D eigenvalue weighted by molar-refractivity contribution is 7.11. The highest BCUT2D eigenvalue weighted by Gasteiger charge is 2.12. The van der Waals surface area contributed by atoms with E-state index in [1.165, 1.54) is 15.3 Å². The van der Waals surface area contributed by atoms with E-state index in [0.29, 0.717) is 0 Å². The van der Waals surface area contributed by atoms with Gasteiger partial charge in [-0.05, 0) is 43.2 Å². The number of aromatic nitrogens is 1. The molecule has 2 heterocycles. The Bertz CT molecular complexity index is 507. The number of pyridine rings is 1. The summed E-state index contributed by atoms with van der Waals surface area (Å²) < 4.78 is 0. The molecule has 2 aromatic rings. The molecule has 0 amide bonds. The third kappa shape index (κ3) is 3.16. The molecule has 0 aliphatic carbocycles. The van der Waals surface area contributed by atoms with Crippen molar-refractivity contribution in [1.29, 1.82) is 0 Å². The van der Waals surface area contributed by atoms with E-state index in [1.54, 1.807) is 0 Å². The van der Waals surface area contributed by atoms with Gasteiger partial charge in [0, 0.05) is 28.1 Å². The molecule has 96 valence electrons. The molecule has 3 N–H and O–H groups in total. The summed E-state index contributed by atoms with van der Waals surface area (Å²) in [6, 6.07) is 8.65. The van der Waals surface area contributed by atoms with Crippen molar-refractivity contribution in [3.8, 4) is 0 Å². The first-order valence-electron chi connectivity index (χ1n) is 6.19. The summed E-state index contributed by atoms with van der Waals surface area (Å²) in [4.78, 5) is 7.00. The SMILES string of the molecule is CCc1ccc(CC(NN)c2ccnc(C)c2)s1. The molecule has 2 aromatic heterocycles. The number of hydrogen-bond donors (Lipinski definition) is 2. The van der Waals surface area contributed by atoms with Crippen LogP contribution in [0.4, 0.5) is 0 Å². The lowest BCUT2D eigenvalue weighted by Gasteiger charge is -2.15. The Morgan fingerprint density at radius 1 is 1.33 bits per heavy atom. The summed E-state index contributed by atoms with van der Waals surface area (Å²) >= 11 is 1.86. The Morgan fingerprint density at radius 2 is 2.11 bits per heavy atom. The van der Waals surface area contributed by atoms with Crippen molar-refractivity contribution >= 4 is 11.3 Å². The van der Waals surface area contributed by atoms with E-state index in [9.17, 15) is 0 Å². The smallest absolute Gasteiger partial charge is 0.0509 e. The van der Waals surface area contributed by atoms with Gasteiger partial charge < -0.3 is 0 Å². The third-order valence-electron chi connectivity index (χ3n) is 3.00. The fourth-order valence-corrected chi connectivity index (χ4v) is 2.98. The van der Waals surface area contributed by atoms with Gasteiger partial charge in [0.1, 0.15) is 0 Å². The highest BCUT2D eigenvalue weighted by Crippen LogP contribution is 2.23. The topological polar surface area (TPSA) is 50.9 Å². The van der Waals surface area contributed by atoms with Crippen molar-refractivity contribution < 1.29 is 0 Å². The fourth-order valence-electron chi connectivity index (χ4n) is 1.98. The van der Waals surface area contributed by atoms with E-state index in [4.69, 9.17) is 5.84 Å². The minimum Gasteiger partial charge on any atom is -0.271 e. The number of nitrogens with zero attached hydrogens (tertiary/aromatic N) is 1. The fraction of sp³-hybridized carbons (Fsp3) is 0.357. The van der Waals surface area contributed by atoms with Crippen LogP contribution >= 0.6 is 11.3 Å². The first-order chi connectivity index (χ1) is 8.72. The van der Waals surface area contributed by atoms with Gasteiger partial charge in [-0.1, -0.05) is 6.92 Å². The predicted octanol–water partition coefficient (Wildman–Crippen LogP) is 2.76. The highest BCUT2D eigenvalue weighted by atomic mass is 32.1. The van der Waals surface area contributed by atoms with E-state index in [1.807, 2.05) is 30.5 Å². The van der Waals surface area contributed by atoms with Gasteiger partial charge in [0.25, 0.3) is 0 Å². The minimum absolute atomic E-state index is 0.148. The average Bonchev–Trinajstić information content (AvgIpc) is 2.83. The standard InChI is InChI=1S/C14H19N3S/c1-3-12-4-5-13(18-12)9-14(17-15)11-6-7-16-10(2)8-11/h4-8,14,17H,3,9,15H2,1-2H3. The van der Waals surface area contributed by atoms with E-state index in [2.05, 4.69) is 35.5 Å². The third-order valence-corrected chi connectivity index (χ3v) is 4.25. The number of thiophene rings is 1. The van der Waals surface area contributed by atoms with Gasteiger partial charge in [-0.25, -0.2) is 0 Å². The van der Waals surface area contributed by atoms with Crippen molar-refractivity contribution in [2.45, 2.75) is 32.7 Å². The molecule has 0 spiro atoms. The molecule has 18 heavy (non-hydrogen) atoms. The van der Waals surface area contributed by atoms with Crippen LogP contribution in [0.25, 0.3) is 0 Å². The second kappa shape index (κ2) is 6.09. The molecule has 0 bridgehead atoms. The minimum atomic E-state index is 0.148. The molecule has 0 saturated heterocycles. The quantitative estimate of drug-likeness (QED) is 0.643. The summed E-state index contributed by atoms with van der Waals surface area (Å²) in [6.07, 6.45) is 3.85. The number of hydrogen-bond acceptors (Lipinski definition) is 4. The molecule has 0 aromatic carbocycles. The summed E-state index contributed by atoms with van der Waals surface area (Å²) in [7, 11) is 0. The Hall–Kier alpha value is -1.23. The monoisotopic (exact) mass is 261 g/mol. The zero-order valence-corrected chi connectivity index (χ0v) is 11.6. The Morgan fingerprint density at radius 3 is 2.72 bits per heavy atom. The Balaban J connectivity index is 2.14. The van der Waals surface area contributed by atoms with Crippen molar-refractivity contribution in [2.75, 3.05) is 0 Å². The lowest BCUT2D eigenvalue weighted by Crippen LogP contribution is -2.29. The summed E-state index contributed by atoms with van der Waals surface area (Å²) in [5.41, 5.74) is 5.11. The predicted molar refractivity (Wildman–Crippen MR) is 76.4 cm³/mol. The normalized spacial score (nSPS) is 12.6. The average molecular weight is 261 g/mol. The molecule has 0 aliphatic rings. The summed E-state index contributed by atoms with van der Waals surface area (Å²) in [6.45, 7) is 4.18. The molecular formula is C14H19N3S. The molecule has 0 aliphatic heterocycles. The Labute approximate surface area is 112 Å². The molecule has 3 nitrogen and oxygen atoms in total. The van der Waals surface area contributed by atoms with Crippen molar-refractivity contribution in [3.05, 3.63) is 51.5 Å². The van der Waals surface area contributed by atoms with Gasteiger partial charge in [-0.3, -0.25) is 16.3 Å². The number of nitrogens with two attached hydrogens (primary N) is 1. The van der Waals surface area contributed by atoms with Crippen LogP contribution in [-0.4, -0.2) is 4.98 Å². The Kier molecular flexibility index (Phi) is 4.47. The van der Waals surface area contributed by atoms with Crippen LogP contribution in [0, 0.1) is 6.92 Å². The second-order valence-electron chi connectivity index (χ2n) is 4.38. The van der Waals surface area contributed by atoms with E-state index in [0.717, 1.165) is 18.5 Å². The van der Waals surface area contributed by atoms with Gasteiger partial charge in [-0.2, -0.15) is 0 Å². The van der Waals surface area contributed by atoms with Crippen LogP contribution in [-0.2, 0) is 12.8 Å². The molecule has 0 saturated carbocycles. The zero-order valence-electron chi connectivity index (χ0n) is 10.8. The summed E-state index contributed by atoms with van der Waals surface area (Å²) in [5, 5.41) is 0. The van der Waals surface area contributed by atoms with E-state index < -0.39 is 0 Å². The van der Waals surface area contributed by atoms with E-state index >= 15 is 0 Å². The molecule has 2 rings (SSSR count). The van der Waals surface area contributed by atoms with Crippen LogP contribution < -0.4 is 11.3 Å². The zero-order chi connectivity index (χ0) is 13.0. The summed E-state index contributed by atoms with van der Waals surface area (Å²) in [5.74, 6) is 5.68. The number of rotatable bonds is 5. The van der Waals surface area contributed by atoms with E-state index in [-0.39, 0.29) is 6.04 Å².